The van der Waals surface area contributed by atoms with Crippen molar-refractivity contribution in [2.24, 2.45) is 0 Å². The van der Waals surface area contributed by atoms with Crippen LogP contribution in [0.4, 0.5) is 5.82 Å². The minimum Gasteiger partial charge on any atom is -0.357 e. The van der Waals surface area contributed by atoms with Gasteiger partial charge in [-0.25, -0.2) is 9.97 Å². The number of nitrogens with zero attached hydrogens (tertiary/aromatic N) is 4. The predicted molar refractivity (Wildman–Crippen MR) is 106 cm³/mol. The largest absolute Gasteiger partial charge is 0.357 e. The van der Waals surface area contributed by atoms with Gasteiger partial charge in [0.25, 0.3) is 0 Å². The van der Waals surface area contributed by atoms with Crippen molar-refractivity contribution in [3.05, 3.63) is 39.5 Å². The average Bonchev–Trinajstić information content (AvgIpc) is 3.06. The van der Waals surface area contributed by atoms with Crippen LogP contribution in [-0.2, 0) is 19.5 Å². The zero-order chi connectivity index (χ0) is 17.8. The van der Waals surface area contributed by atoms with Crippen LogP contribution in [0.25, 0.3) is 0 Å². The van der Waals surface area contributed by atoms with Gasteiger partial charge in [-0.1, -0.05) is 19.9 Å². The minimum absolute atomic E-state index is 0.589. The van der Waals surface area contributed by atoms with Crippen molar-refractivity contribution < 1.29 is 0 Å². The molecule has 0 spiro atoms. The van der Waals surface area contributed by atoms with Crippen LogP contribution in [0.2, 0.25) is 0 Å². The summed E-state index contributed by atoms with van der Waals surface area (Å²) in [5.74, 6) is 1.80. The van der Waals surface area contributed by atoms with E-state index >= 15 is 0 Å². The Labute approximate surface area is 155 Å². The number of hydrogen-bond acceptors (Lipinski definition) is 5. The maximum Gasteiger partial charge on any atom is 0.131 e. The first kappa shape index (κ1) is 18.3. The second-order valence-corrected chi connectivity index (χ2v) is 8.39. The molecule has 0 bridgehead atoms. The van der Waals surface area contributed by atoms with Gasteiger partial charge in [0.15, 0.2) is 0 Å². The van der Waals surface area contributed by atoms with Crippen molar-refractivity contribution >= 4 is 17.2 Å². The fraction of sp³-hybridized carbons (Fsp3) is 0.600. The van der Waals surface area contributed by atoms with Crippen molar-refractivity contribution in [3.63, 3.8) is 0 Å². The van der Waals surface area contributed by atoms with E-state index in [0.717, 1.165) is 19.6 Å². The highest BCUT2D eigenvalue weighted by molar-refractivity contribution is 7.11. The molecule has 4 rings (SSSR count). The molecule has 2 aromatic heterocycles. The lowest BCUT2D eigenvalue weighted by Gasteiger charge is -2.21. The summed E-state index contributed by atoms with van der Waals surface area (Å²) in [6, 6.07) is 4.24. The molecule has 0 amide bonds. The van der Waals surface area contributed by atoms with Crippen LogP contribution in [0.15, 0.2) is 18.3 Å². The monoisotopic (exact) mass is 358 g/mol. The van der Waals surface area contributed by atoms with E-state index in [1.807, 2.05) is 23.6 Å². The first-order chi connectivity index (χ1) is 12.1. The molecule has 0 unspecified atom stereocenters. The Morgan fingerprint density at radius 1 is 1.24 bits per heavy atom. The molecule has 0 N–H and O–H groups in total. The third-order valence-electron chi connectivity index (χ3n) is 4.79. The quantitative estimate of drug-likeness (QED) is 0.793. The molecule has 2 aliphatic rings. The maximum atomic E-state index is 4.62. The number of aromatic nitrogens is 2. The zero-order valence-electron chi connectivity index (χ0n) is 16.0. The third-order valence-corrected chi connectivity index (χ3v) is 6.18. The Hall–Kier alpha value is -1.46. The lowest BCUT2D eigenvalue weighted by Crippen LogP contribution is -2.24. The van der Waals surface area contributed by atoms with Crippen molar-refractivity contribution in [2.75, 3.05) is 25.0 Å². The number of aryl methyl sites for hydroxylation is 1. The molecule has 136 valence electrons. The van der Waals surface area contributed by atoms with Crippen LogP contribution < -0.4 is 4.90 Å². The van der Waals surface area contributed by atoms with Gasteiger partial charge in [-0.15, -0.1) is 11.3 Å². The Morgan fingerprint density at radius 3 is 2.80 bits per heavy atom. The highest BCUT2D eigenvalue weighted by Crippen LogP contribution is 2.30. The fourth-order valence-corrected chi connectivity index (χ4v) is 4.55. The summed E-state index contributed by atoms with van der Waals surface area (Å²) in [6.45, 7) is 11.0. The number of fused-ring (bicyclic) bond motifs is 2. The first-order valence-electron chi connectivity index (χ1n) is 9.44. The average molecular weight is 359 g/mol. The molecule has 0 atom stereocenters. The minimum atomic E-state index is 0.589. The number of hydrogen-bond donors (Lipinski definition) is 0. The molecule has 25 heavy (non-hydrogen) atoms. The Bertz CT molecular complexity index is 671. The van der Waals surface area contributed by atoms with Gasteiger partial charge in [-0.05, 0) is 44.9 Å². The van der Waals surface area contributed by atoms with Gasteiger partial charge in [0.05, 0.1) is 10.7 Å². The SMILES string of the molecule is CC(C)c1nc2c(s1)CN(C)C2.CCN1CCCCc2cccnc21. The lowest BCUT2D eigenvalue weighted by molar-refractivity contribution is 0.351. The summed E-state index contributed by atoms with van der Waals surface area (Å²) in [6.07, 6.45) is 5.69. The molecule has 4 heterocycles. The first-order valence-corrected chi connectivity index (χ1v) is 10.3. The molecule has 2 aromatic rings. The van der Waals surface area contributed by atoms with Gasteiger partial charge >= 0.3 is 0 Å². The van der Waals surface area contributed by atoms with Gasteiger partial charge in [0.2, 0.25) is 0 Å². The van der Waals surface area contributed by atoms with Crippen LogP contribution in [-0.4, -0.2) is 35.0 Å². The Kier molecular flexibility index (Phi) is 6.07. The Balaban J connectivity index is 0.000000146. The zero-order valence-corrected chi connectivity index (χ0v) is 16.8. The van der Waals surface area contributed by atoms with Gasteiger partial charge in [-0.3, -0.25) is 4.90 Å². The highest BCUT2D eigenvalue weighted by Gasteiger charge is 2.21. The molecule has 0 aromatic carbocycles. The highest BCUT2D eigenvalue weighted by atomic mass is 32.1. The van der Waals surface area contributed by atoms with Crippen LogP contribution >= 0.6 is 11.3 Å². The van der Waals surface area contributed by atoms with Crippen molar-refractivity contribution in [3.8, 4) is 0 Å². The number of pyridine rings is 1. The molecule has 0 saturated heterocycles. The predicted octanol–water partition coefficient (Wildman–Crippen LogP) is 4.46. The van der Waals surface area contributed by atoms with E-state index in [-0.39, 0.29) is 0 Å². The van der Waals surface area contributed by atoms with E-state index in [1.165, 1.54) is 52.8 Å². The fourth-order valence-electron chi connectivity index (χ4n) is 3.40. The molecule has 0 saturated carbocycles. The summed E-state index contributed by atoms with van der Waals surface area (Å²) in [7, 11) is 2.14. The maximum absolute atomic E-state index is 4.62. The smallest absolute Gasteiger partial charge is 0.131 e. The lowest BCUT2D eigenvalue weighted by atomic mass is 10.1. The van der Waals surface area contributed by atoms with Crippen LogP contribution in [0.3, 0.4) is 0 Å². The van der Waals surface area contributed by atoms with E-state index in [2.05, 4.69) is 53.7 Å². The van der Waals surface area contributed by atoms with E-state index in [1.54, 1.807) is 0 Å². The normalized spacial score (nSPS) is 16.9. The topological polar surface area (TPSA) is 32.3 Å². The van der Waals surface area contributed by atoms with E-state index in [0.29, 0.717) is 5.92 Å². The van der Waals surface area contributed by atoms with Crippen molar-refractivity contribution in [1.82, 2.24) is 14.9 Å². The molecular formula is C20H30N4S. The van der Waals surface area contributed by atoms with Crippen LogP contribution in [0, 0.1) is 0 Å². The Morgan fingerprint density at radius 2 is 2.08 bits per heavy atom. The van der Waals surface area contributed by atoms with Gasteiger partial charge in [0.1, 0.15) is 5.82 Å². The van der Waals surface area contributed by atoms with Crippen LogP contribution in [0.1, 0.15) is 60.7 Å². The van der Waals surface area contributed by atoms with E-state index in [9.17, 15) is 0 Å². The second kappa shape index (κ2) is 8.28. The van der Waals surface area contributed by atoms with Crippen molar-refractivity contribution in [1.29, 1.82) is 0 Å². The van der Waals surface area contributed by atoms with Gasteiger partial charge in [0, 0.05) is 43.2 Å². The summed E-state index contributed by atoms with van der Waals surface area (Å²) in [5.41, 5.74) is 2.73. The number of thiazole rings is 1. The third kappa shape index (κ3) is 4.39. The van der Waals surface area contributed by atoms with Crippen LogP contribution in [0.5, 0.6) is 0 Å². The summed E-state index contributed by atoms with van der Waals surface area (Å²) in [4.78, 5) is 15.2. The molecule has 2 aliphatic heterocycles. The molecular weight excluding hydrogens is 328 g/mol. The summed E-state index contributed by atoms with van der Waals surface area (Å²) >= 11 is 1.88. The summed E-state index contributed by atoms with van der Waals surface area (Å²) in [5, 5.41) is 1.30. The standard InChI is InChI=1S/C11H16N2.C9H14N2S/c1-2-13-9-4-3-6-10-7-5-8-12-11(10)13;1-6(2)9-10-7-4-11(3)5-8(7)12-9/h5,7-8H,2-4,6,9H2,1H3;6H,4-5H2,1-3H3. The summed E-state index contributed by atoms with van der Waals surface area (Å²) < 4.78 is 0. The van der Waals surface area contributed by atoms with Crippen molar-refractivity contribution in [2.45, 2.75) is 59.0 Å². The molecule has 5 heteroatoms. The van der Waals surface area contributed by atoms with E-state index < -0.39 is 0 Å². The molecule has 0 aliphatic carbocycles. The van der Waals surface area contributed by atoms with E-state index in [4.69, 9.17) is 0 Å². The van der Waals surface area contributed by atoms with Gasteiger partial charge in [-0.2, -0.15) is 0 Å². The molecule has 0 radical (unpaired) electrons. The molecule has 0 fully saturated rings. The number of anilines is 1. The molecule has 4 nitrogen and oxygen atoms in total. The number of rotatable bonds is 2. The second-order valence-electron chi connectivity index (χ2n) is 7.27. The van der Waals surface area contributed by atoms with Gasteiger partial charge < -0.3 is 4.90 Å².